The van der Waals surface area contributed by atoms with Gasteiger partial charge in [-0.2, -0.15) is 0 Å². The maximum absolute atomic E-state index is 12.7. The minimum atomic E-state index is -0.293. The molecule has 2 heterocycles. The SMILES string of the molecule is CC1CCN(C(=O)CC[C@@]2(Cc3ccc4ccccc4c3)CCC(=O)N2)CC1. The van der Waals surface area contributed by atoms with Crippen LogP contribution in [0.1, 0.15) is 51.0 Å². The van der Waals surface area contributed by atoms with Crippen LogP contribution in [-0.2, 0) is 16.0 Å². The number of hydrogen-bond donors (Lipinski definition) is 1. The molecule has 0 saturated carbocycles. The van der Waals surface area contributed by atoms with E-state index < -0.39 is 0 Å². The van der Waals surface area contributed by atoms with Crippen LogP contribution in [-0.4, -0.2) is 35.3 Å². The highest BCUT2D eigenvalue weighted by molar-refractivity contribution is 5.83. The Kier molecular flexibility index (Phi) is 5.38. The number of carbonyl (C=O) groups excluding carboxylic acids is 2. The van der Waals surface area contributed by atoms with Crippen LogP contribution in [0.2, 0.25) is 0 Å². The Morgan fingerprint density at radius 3 is 2.61 bits per heavy atom. The monoisotopic (exact) mass is 378 g/mol. The smallest absolute Gasteiger partial charge is 0.222 e. The molecule has 0 aliphatic carbocycles. The second-order valence-corrected chi connectivity index (χ2v) is 8.75. The molecule has 4 heteroatoms. The lowest BCUT2D eigenvalue weighted by atomic mass is 9.84. The molecule has 1 N–H and O–H groups in total. The number of nitrogens with one attached hydrogen (secondary N) is 1. The van der Waals surface area contributed by atoms with Gasteiger partial charge in [0.05, 0.1) is 0 Å². The first kappa shape index (κ1) is 19.0. The molecule has 0 radical (unpaired) electrons. The van der Waals surface area contributed by atoms with E-state index in [9.17, 15) is 9.59 Å². The van der Waals surface area contributed by atoms with Gasteiger partial charge in [0.2, 0.25) is 11.8 Å². The number of hydrogen-bond acceptors (Lipinski definition) is 2. The molecule has 2 saturated heterocycles. The molecule has 148 valence electrons. The van der Waals surface area contributed by atoms with Crippen molar-refractivity contribution in [2.45, 2.75) is 57.4 Å². The van der Waals surface area contributed by atoms with Crippen LogP contribution >= 0.6 is 0 Å². The number of piperidine rings is 1. The topological polar surface area (TPSA) is 49.4 Å². The Morgan fingerprint density at radius 2 is 1.89 bits per heavy atom. The molecule has 0 unspecified atom stereocenters. The van der Waals surface area contributed by atoms with Crippen LogP contribution in [0.5, 0.6) is 0 Å². The minimum Gasteiger partial charge on any atom is -0.350 e. The normalized spacial score (nSPS) is 23.2. The van der Waals surface area contributed by atoms with Gasteiger partial charge in [-0.1, -0.05) is 49.4 Å². The van der Waals surface area contributed by atoms with Gasteiger partial charge in [-0.25, -0.2) is 0 Å². The molecule has 2 aromatic carbocycles. The number of fused-ring (bicyclic) bond motifs is 1. The second kappa shape index (κ2) is 7.94. The van der Waals surface area contributed by atoms with Gasteiger partial charge in [-0.05, 0) is 54.4 Å². The predicted octanol–water partition coefficient (Wildman–Crippen LogP) is 4.07. The molecule has 2 amide bonds. The van der Waals surface area contributed by atoms with E-state index in [1.807, 2.05) is 11.0 Å². The maximum atomic E-state index is 12.7. The molecule has 2 fully saturated rings. The number of amides is 2. The number of likely N-dealkylation sites (tertiary alicyclic amines) is 1. The fraction of sp³-hybridized carbons (Fsp3) is 0.500. The molecule has 2 aromatic rings. The number of carbonyl (C=O) groups is 2. The third-order valence-corrected chi connectivity index (χ3v) is 6.55. The lowest BCUT2D eigenvalue weighted by molar-refractivity contribution is -0.133. The van der Waals surface area contributed by atoms with E-state index in [1.54, 1.807) is 0 Å². The third-order valence-electron chi connectivity index (χ3n) is 6.55. The van der Waals surface area contributed by atoms with Crippen molar-refractivity contribution in [1.29, 1.82) is 0 Å². The average molecular weight is 379 g/mol. The van der Waals surface area contributed by atoms with Crippen LogP contribution in [0.25, 0.3) is 10.8 Å². The van der Waals surface area contributed by atoms with E-state index in [0.29, 0.717) is 12.8 Å². The Hall–Kier alpha value is -2.36. The summed E-state index contributed by atoms with van der Waals surface area (Å²) in [6, 6.07) is 14.9. The van der Waals surface area contributed by atoms with Gasteiger partial charge >= 0.3 is 0 Å². The zero-order valence-electron chi connectivity index (χ0n) is 16.7. The van der Waals surface area contributed by atoms with Crippen molar-refractivity contribution in [1.82, 2.24) is 10.2 Å². The predicted molar refractivity (Wildman–Crippen MR) is 112 cm³/mol. The zero-order valence-corrected chi connectivity index (χ0v) is 16.7. The lowest BCUT2D eigenvalue weighted by Crippen LogP contribution is -2.45. The van der Waals surface area contributed by atoms with Crippen molar-refractivity contribution < 1.29 is 9.59 Å². The Labute approximate surface area is 167 Å². The fourth-order valence-corrected chi connectivity index (χ4v) is 4.68. The van der Waals surface area contributed by atoms with Crippen molar-refractivity contribution >= 4 is 22.6 Å². The summed E-state index contributed by atoms with van der Waals surface area (Å²) in [5.41, 5.74) is 0.929. The zero-order chi connectivity index (χ0) is 19.6. The number of benzene rings is 2. The summed E-state index contributed by atoms with van der Waals surface area (Å²) in [6.07, 6.45) is 5.59. The third kappa shape index (κ3) is 4.21. The largest absolute Gasteiger partial charge is 0.350 e. The van der Waals surface area contributed by atoms with E-state index in [1.165, 1.54) is 16.3 Å². The Bertz CT molecular complexity index is 870. The first-order valence-electron chi connectivity index (χ1n) is 10.6. The molecule has 2 aliphatic heterocycles. The van der Waals surface area contributed by atoms with Crippen LogP contribution < -0.4 is 5.32 Å². The van der Waals surface area contributed by atoms with E-state index in [-0.39, 0.29) is 17.4 Å². The fourth-order valence-electron chi connectivity index (χ4n) is 4.68. The van der Waals surface area contributed by atoms with Crippen LogP contribution in [0.3, 0.4) is 0 Å². The molecule has 1 atom stereocenters. The van der Waals surface area contributed by atoms with Gasteiger partial charge in [-0.15, -0.1) is 0 Å². The summed E-state index contributed by atoms with van der Waals surface area (Å²) in [7, 11) is 0. The first-order chi connectivity index (χ1) is 13.5. The summed E-state index contributed by atoms with van der Waals surface area (Å²) in [4.78, 5) is 26.8. The average Bonchev–Trinajstić information content (AvgIpc) is 3.07. The summed E-state index contributed by atoms with van der Waals surface area (Å²) in [5.74, 6) is 1.07. The van der Waals surface area contributed by atoms with E-state index in [0.717, 1.165) is 51.1 Å². The second-order valence-electron chi connectivity index (χ2n) is 8.75. The molecular weight excluding hydrogens is 348 g/mol. The molecule has 4 nitrogen and oxygen atoms in total. The molecule has 0 aromatic heterocycles. The highest BCUT2D eigenvalue weighted by atomic mass is 16.2. The van der Waals surface area contributed by atoms with E-state index in [4.69, 9.17) is 0 Å². The van der Waals surface area contributed by atoms with Crippen LogP contribution in [0, 0.1) is 5.92 Å². The van der Waals surface area contributed by atoms with Gasteiger partial charge in [0.25, 0.3) is 0 Å². The standard InChI is InChI=1S/C24H30N2O2/c1-18-10-14-26(15-11-18)23(28)9-13-24(12-8-22(27)25-24)17-19-6-7-20-4-2-3-5-21(20)16-19/h2-7,16,18H,8-15,17H2,1H3,(H,25,27)/t24-/m1/s1. The van der Waals surface area contributed by atoms with Gasteiger partial charge < -0.3 is 10.2 Å². The highest BCUT2D eigenvalue weighted by Crippen LogP contribution is 2.31. The summed E-state index contributed by atoms with van der Waals surface area (Å²) in [5, 5.41) is 5.67. The number of nitrogens with zero attached hydrogens (tertiary/aromatic N) is 1. The van der Waals surface area contributed by atoms with E-state index in [2.05, 4.69) is 48.6 Å². The van der Waals surface area contributed by atoms with Crippen molar-refractivity contribution in [2.24, 2.45) is 5.92 Å². The van der Waals surface area contributed by atoms with Gasteiger partial charge in [0.15, 0.2) is 0 Å². The summed E-state index contributed by atoms with van der Waals surface area (Å²) < 4.78 is 0. The van der Waals surface area contributed by atoms with Crippen LogP contribution in [0.15, 0.2) is 42.5 Å². The van der Waals surface area contributed by atoms with Gasteiger partial charge in [0.1, 0.15) is 0 Å². The van der Waals surface area contributed by atoms with Crippen molar-refractivity contribution in [3.8, 4) is 0 Å². The number of rotatable bonds is 5. The first-order valence-corrected chi connectivity index (χ1v) is 10.6. The summed E-state index contributed by atoms with van der Waals surface area (Å²) in [6.45, 7) is 4.02. The molecule has 28 heavy (non-hydrogen) atoms. The lowest BCUT2D eigenvalue weighted by Gasteiger charge is -2.33. The van der Waals surface area contributed by atoms with Crippen molar-refractivity contribution in [3.63, 3.8) is 0 Å². The van der Waals surface area contributed by atoms with Crippen molar-refractivity contribution in [3.05, 3.63) is 48.0 Å². The molecule has 4 rings (SSSR count). The quantitative estimate of drug-likeness (QED) is 0.853. The summed E-state index contributed by atoms with van der Waals surface area (Å²) >= 11 is 0. The van der Waals surface area contributed by atoms with Gasteiger partial charge in [-0.3, -0.25) is 9.59 Å². The molecule has 0 bridgehead atoms. The molecule has 0 spiro atoms. The van der Waals surface area contributed by atoms with Crippen LogP contribution in [0.4, 0.5) is 0 Å². The Balaban J connectivity index is 1.45. The maximum Gasteiger partial charge on any atom is 0.222 e. The molecule has 2 aliphatic rings. The highest BCUT2D eigenvalue weighted by Gasteiger charge is 2.38. The van der Waals surface area contributed by atoms with Gasteiger partial charge in [0, 0.05) is 31.5 Å². The minimum absolute atomic E-state index is 0.111. The van der Waals surface area contributed by atoms with Crippen molar-refractivity contribution in [2.75, 3.05) is 13.1 Å². The van der Waals surface area contributed by atoms with E-state index >= 15 is 0 Å². The Morgan fingerprint density at radius 1 is 1.14 bits per heavy atom. The molecular formula is C24H30N2O2.